The Labute approximate surface area is 105 Å². The van der Waals surface area contributed by atoms with E-state index >= 15 is 0 Å². The largest absolute Gasteiger partial charge is 0.481 e. The van der Waals surface area contributed by atoms with Crippen molar-refractivity contribution >= 4 is 39.3 Å². The fourth-order valence-electron chi connectivity index (χ4n) is 1.34. The van der Waals surface area contributed by atoms with Crippen LogP contribution in [0.3, 0.4) is 0 Å². The molecule has 2 rings (SSSR count). The fourth-order valence-corrected chi connectivity index (χ4v) is 2.41. The minimum absolute atomic E-state index is 0.106. The number of aromatic nitrogens is 2. The molecule has 0 unspecified atom stereocenters. The Morgan fingerprint density at radius 3 is 3.12 bits per heavy atom. The first kappa shape index (κ1) is 11.5. The minimum atomic E-state index is -0.796. The molecule has 0 saturated carbocycles. The highest BCUT2D eigenvalue weighted by molar-refractivity contribution is 9.10. The summed E-state index contributed by atoms with van der Waals surface area (Å²) in [7, 11) is 0. The number of nitrogens with zero attached hydrogens (tertiary/aromatic N) is 2. The molecule has 16 heavy (non-hydrogen) atoms. The molecule has 0 aromatic carbocycles. The molecule has 0 fully saturated rings. The molecule has 0 spiro atoms. The van der Waals surface area contributed by atoms with E-state index in [-0.39, 0.29) is 5.75 Å². The number of hydrogen-bond acceptors (Lipinski definition) is 3. The van der Waals surface area contributed by atoms with Crippen LogP contribution >= 0.6 is 27.7 Å². The van der Waals surface area contributed by atoms with Crippen molar-refractivity contribution in [3.63, 3.8) is 0 Å². The zero-order valence-electron chi connectivity index (χ0n) is 8.26. The van der Waals surface area contributed by atoms with E-state index in [1.54, 1.807) is 0 Å². The summed E-state index contributed by atoms with van der Waals surface area (Å²) >= 11 is 4.76. The predicted octanol–water partition coefficient (Wildman–Crippen LogP) is 2.41. The van der Waals surface area contributed by atoms with Crippen LogP contribution in [0.1, 0.15) is 5.69 Å². The summed E-state index contributed by atoms with van der Waals surface area (Å²) in [5.74, 6) is -0.0786. The molecule has 2 heterocycles. The highest BCUT2D eigenvalue weighted by Crippen LogP contribution is 2.19. The van der Waals surface area contributed by atoms with Crippen LogP contribution in [0.4, 0.5) is 0 Å². The van der Waals surface area contributed by atoms with E-state index in [0.29, 0.717) is 5.75 Å². The lowest BCUT2D eigenvalue weighted by atomic mass is 10.5. The Kier molecular flexibility index (Phi) is 3.50. The summed E-state index contributed by atoms with van der Waals surface area (Å²) in [6, 6.07) is 3.85. The van der Waals surface area contributed by atoms with Gasteiger partial charge in [0.2, 0.25) is 0 Å². The molecule has 2 aromatic rings. The van der Waals surface area contributed by atoms with E-state index in [4.69, 9.17) is 5.11 Å². The number of halogens is 1. The number of rotatable bonds is 4. The van der Waals surface area contributed by atoms with Crippen molar-refractivity contribution in [3.8, 4) is 0 Å². The third kappa shape index (κ3) is 2.56. The fraction of sp³-hybridized carbons (Fsp3) is 0.200. The Morgan fingerprint density at radius 1 is 1.62 bits per heavy atom. The lowest BCUT2D eigenvalue weighted by Crippen LogP contribution is -1.98. The van der Waals surface area contributed by atoms with Gasteiger partial charge in [0.1, 0.15) is 0 Å². The molecule has 0 amide bonds. The first-order valence-electron chi connectivity index (χ1n) is 4.58. The van der Waals surface area contributed by atoms with Gasteiger partial charge in [-0.2, -0.15) is 0 Å². The number of thioether (sulfide) groups is 1. The van der Waals surface area contributed by atoms with Crippen molar-refractivity contribution in [1.29, 1.82) is 0 Å². The van der Waals surface area contributed by atoms with Gasteiger partial charge in [-0.15, -0.1) is 11.8 Å². The number of carboxylic acid groups (broad SMARTS) is 1. The van der Waals surface area contributed by atoms with E-state index in [1.807, 2.05) is 28.9 Å². The third-order valence-corrected chi connectivity index (χ3v) is 3.53. The first-order chi connectivity index (χ1) is 7.66. The molecule has 0 atom stereocenters. The molecule has 0 radical (unpaired) electrons. The number of imidazole rings is 1. The van der Waals surface area contributed by atoms with Crippen LogP contribution in [0.5, 0.6) is 0 Å². The van der Waals surface area contributed by atoms with Gasteiger partial charge < -0.3 is 9.51 Å². The van der Waals surface area contributed by atoms with Gasteiger partial charge in [0.05, 0.1) is 15.9 Å². The lowest BCUT2D eigenvalue weighted by Gasteiger charge is -1.92. The van der Waals surface area contributed by atoms with Gasteiger partial charge in [-0.25, -0.2) is 4.98 Å². The maximum atomic E-state index is 10.4. The Bertz CT molecular complexity index is 527. The summed E-state index contributed by atoms with van der Waals surface area (Å²) in [5.41, 5.74) is 1.74. The van der Waals surface area contributed by atoms with E-state index < -0.39 is 5.97 Å². The molecule has 84 valence electrons. The van der Waals surface area contributed by atoms with E-state index in [2.05, 4.69) is 20.9 Å². The van der Waals surface area contributed by atoms with Crippen LogP contribution in [0.25, 0.3) is 5.65 Å². The van der Waals surface area contributed by atoms with Crippen LogP contribution < -0.4 is 0 Å². The zero-order chi connectivity index (χ0) is 11.5. The topological polar surface area (TPSA) is 54.6 Å². The molecule has 0 aliphatic rings. The van der Waals surface area contributed by atoms with Gasteiger partial charge in [0, 0.05) is 18.1 Å². The normalized spacial score (nSPS) is 10.8. The van der Waals surface area contributed by atoms with E-state index in [0.717, 1.165) is 15.8 Å². The highest BCUT2D eigenvalue weighted by atomic mass is 79.9. The monoisotopic (exact) mass is 300 g/mol. The maximum Gasteiger partial charge on any atom is 0.313 e. The van der Waals surface area contributed by atoms with Gasteiger partial charge in [0.15, 0.2) is 5.65 Å². The number of carboxylic acids is 1. The minimum Gasteiger partial charge on any atom is -0.481 e. The Hall–Kier alpha value is -1.01. The number of fused-ring (bicyclic) bond motifs is 1. The maximum absolute atomic E-state index is 10.4. The van der Waals surface area contributed by atoms with Crippen molar-refractivity contribution in [3.05, 3.63) is 34.7 Å². The lowest BCUT2D eigenvalue weighted by molar-refractivity contribution is -0.133. The molecular formula is C10H9BrN2O2S. The number of carbonyl (C=O) groups is 1. The molecule has 2 aromatic heterocycles. The van der Waals surface area contributed by atoms with Crippen LogP contribution in [-0.2, 0) is 10.5 Å². The van der Waals surface area contributed by atoms with E-state index in [9.17, 15) is 4.79 Å². The predicted molar refractivity (Wildman–Crippen MR) is 66.7 cm³/mol. The smallest absolute Gasteiger partial charge is 0.313 e. The number of pyridine rings is 1. The number of aliphatic carboxylic acids is 1. The zero-order valence-corrected chi connectivity index (χ0v) is 10.7. The van der Waals surface area contributed by atoms with Gasteiger partial charge in [0.25, 0.3) is 0 Å². The van der Waals surface area contributed by atoms with Crippen molar-refractivity contribution in [2.24, 2.45) is 0 Å². The molecule has 0 aliphatic carbocycles. The number of hydrogen-bond donors (Lipinski definition) is 1. The summed E-state index contributed by atoms with van der Waals surface area (Å²) in [5, 5.41) is 8.52. The van der Waals surface area contributed by atoms with Gasteiger partial charge >= 0.3 is 5.97 Å². The van der Waals surface area contributed by atoms with Crippen molar-refractivity contribution in [2.75, 3.05) is 5.75 Å². The highest BCUT2D eigenvalue weighted by Gasteiger charge is 2.05. The van der Waals surface area contributed by atoms with Crippen LogP contribution in [0.2, 0.25) is 0 Å². The van der Waals surface area contributed by atoms with Crippen molar-refractivity contribution in [1.82, 2.24) is 9.38 Å². The average Bonchev–Trinajstić information content (AvgIpc) is 2.61. The van der Waals surface area contributed by atoms with E-state index in [1.165, 1.54) is 11.8 Å². The third-order valence-electron chi connectivity index (χ3n) is 1.96. The molecule has 0 bridgehead atoms. The Morgan fingerprint density at radius 2 is 2.44 bits per heavy atom. The SMILES string of the molecule is O=C(O)CSCc1cn2cccc(Br)c2n1. The Balaban J connectivity index is 2.14. The second-order valence-electron chi connectivity index (χ2n) is 3.21. The van der Waals surface area contributed by atoms with Crippen LogP contribution in [-0.4, -0.2) is 26.2 Å². The van der Waals surface area contributed by atoms with Crippen LogP contribution in [0, 0.1) is 0 Å². The summed E-state index contributed by atoms with van der Waals surface area (Å²) in [4.78, 5) is 14.8. The molecular weight excluding hydrogens is 292 g/mol. The average molecular weight is 301 g/mol. The second-order valence-corrected chi connectivity index (χ2v) is 5.05. The summed E-state index contributed by atoms with van der Waals surface area (Å²) < 4.78 is 2.85. The molecule has 0 aliphatic heterocycles. The summed E-state index contributed by atoms with van der Waals surface area (Å²) in [6.45, 7) is 0. The summed E-state index contributed by atoms with van der Waals surface area (Å²) in [6.07, 6.45) is 3.83. The quantitative estimate of drug-likeness (QED) is 0.942. The molecule has 1 N–H and O–H groups in total. The van der Waals surface area contributed by atoms with Gasteiger partial charge in [-0.05, 0) is 28.1 Å². The van der Waals surface area contributed by atoms with Gasteiger partial charge in [-0.3, -0.25) is 4.79 Å². The molecule has 6 heteroatoms. The van der Waals surface area contributed by atoms with Crippen molar-refractivity contribution < 1.29 is 9.90 Å². The van der Waals surface area contributed by atoms with Crippen molar-refractivity contribution in [2.45, 2.75) is 5.75 Å². The molecule has 4 nitrogen and oxygen atoms in total. The first-order valence-corrected chi connectivity index (χ1v) is 6.53. The molecule has 0 saturated heterocycles. The van der Waals surface area contributed by atoms with Crippen LogP contribution in [0.15, 0.2) is 29.0 Å². The standard InChI is InChI=1S/C10H9BrN2O2S/c11-8-2-1-3-13-4-7(12-10(8)13)5-16-6-9(14)15/h1-4H,5-6H2,(H,14,15). The second kappa shape index (κ2) is 4.88. The van der Waals surface area contributed by atoms with Gasteiger partial charge in [-0.1, -0.05) is 0 Å².